The molecule has 2 saturated heterocycles. The second-order valence-electron chi connectivity index (χ2n) is 17.2. The fourth-order valence-corrected chi connectivity index (χ4v) is 8.93. The zero-order valence-corrected chi connectivity index (χ0v) is 37.9. The molecule has 5 atom stereocenters. The van der Waals surface area contributed by atoms with Gasteiger partial charge in [0.05, 0.1) is 52.4 Å². The number of nitrogens with zero attached hydrogens (tertiary/aromatic N) is 4. The van der Waals surface area contributed by atoms with Gasteiger partial charge in [0, 0.05) is 30.9 Å². The van der Waals surface area contributed by atoms with E-state index in [0.717, 1.165) is 27.4 Å². The summed E-state index contributed by atoms with van der Waals surface area (Å²) in [7, 11) is 1.54. The van der Waals surface area contributed by atoms with Gasteiger partial charge in [-0.1, -0.05) is 51.1 Å². The number of ether oxygens (including phenoxy) is 2. The van der Waals surface area contributed by atoms with Gasteiger partial charge in [-0.3, -0.25) is 24.6 Å². The lowest BCUT2D eigenvalue weighted by Crippen LogP contribution is -2.58. The largest absolute Gasteiger partial charge is 0.494 e. The number of amides is 4. The molecule has 0 radical (unpaired) electrons. The summed E-state index contributed by atoms with van der Waals surface area (Å²) in [5, 5.41) is 17.0. The highest BCUT2D eigenvalue weighted by molar-refractivity contribution is 7.13. The minimum Gasteiger partial charge on any atom is -0.494 e. The number of allylic oxidation sites excluding steroid dienone is 1. The van der Waals surface area contributed by atoms with Gasteiger partial charge in [0.15, 0.2) is 0 Å². The van der Waals surface area contributed by atoms with Crippen molar-refractivity contribution in [3.05, 3.63) is 101 Å². The van der Waals surface area contributed by atoms with Crippen LogP contribution in [0.3, 0.4) is 0 Å². The highest BCUT2D eigenvalue weighted by Crippen LogP contribution is 2.34. The second-order valence-corrected chi connectivity index (χ2v) is 18.0. The molecule has 4 aromatic rings. The Bertz CT molecular complexity index is 2320. The molecule has 2 fully saturated rings. The molecule has 2 aliphatic rings. The lowest BCUT2D eigenvalue weighted by atomic mass is 9.85. The number of carbonyl (C=O) groups is 4. The average Bonchev–Trinajstić information content (AvgIpc) is 3.94. The molecule has 4 heterocycles. The molecular formula is C47H59N9O6S. The van der Waals surface area contributed by atoms with E-state index in [1.54, 1.807) is 40.5 Å². The Kier molecular flexibility index (Phi) is 15.0. The third-order valence-electron chi connectivity index (χ3n) is 11.6. The molecule has 2 aromatic carbocycles. The smallest absolute Gasteiger partial charge is 0.274 e. The van der Waals surface area contributed by atoms with Crippen LogP contribution in [0.1, 0.15) is 93.8 Å². The summed E-state index contributed by atoms with van der Waals surface area (Å²) in [6, 6.07) is 16.8. The van der Waals surface area contributed by atoms with Gasteiger partial charge < -0.3 is 41.0 Å². The maximum absolute atomic E-state index is 14.2. The molecule has 6 N–H and O–H groups in total. The van der Waals surface area contributed by atoms with E-state index < -0.39 is 23.4 Å². The first-order chi connectivity index (χ1) is 30.1. The highest BCUT2D eigenvalue weighted by Gasteiger charge is 2.42. The van der Waals surface area contributed by atoms with Gasteiger partial charge in [0.25, 0.3) is 5.91 Å². The van der Waals surface area contributed by atoms with E-state index in [1.807, 2.05) is 76.5 Å². The van der Waals surface area contributed by atoms with Crippen molar-refractivity contribution in [3.63, 3.8) is 0 Å². The first-order valence-corrected chi connectivity index (χ1v) is 22.2. The number of piperidine rings is 1. The number of aryl methyl sites for hydroxylation is 1. The Morgan fingerprint density at radius 2 is 1.78 bits per heavy atom. The third kappa shape index (κ3) is 11.3. The molecule has 63 heavy (non-hydrogen) atoms. The number of anilines is 2. The number of carbonyl (C=O) groups excluding carboxylic acids is 4. The van der Waals surface area contributed by atoms with Crippen molar-refractivity contribution in [1.82, 2.24) is 25.5 Å². The minimum absolute atomic E-state index is 0.0547. The molecular weight excluding hydrogens is 819 g/mol. The Hall–Kier alpha value is -6.13. The van der Waals surface area contributed by atoms with Crippen LogP contribution in [0.4, 0.5) is 11.4 Å². The molecule has 4 amide bonds. The number of rotatable bonds is 15. The Balaban J connectivity index is 1.00. The lowest BCUT2D eigenvalue weighted by molar-refractivity contribution is -0.145. The summed E-state index contributed by atoms with van der Waals surface area (Å²) in [6.07, 6.45) is 5.01. The van der Waals surface area contributed by atoms with E-state index in [2.05, 4.69) is 37.7 Å². The van der Waals surface area contributed by atoms with Crippen LogP contribution in [0, 0.1) is 17.7 Å². The normalized spacial score (nSPS) is 18.7. The topological polar surface area (TPSA) is 205 Å². The fourth-order valence-electron chi connectivity index (χ4n) is 8.11. The number of aromatic nitrogens is 2. The SMILES string of the molecule is COc1cc(N2CC[C@@H](OCC(=O)N[C@H](C(=O)N3CCC[C@H]3C(=O)N[C@@H](C)c3ccc(-c4scnc4C)cc3)C(C)(C)C)C[C@@H]2C)ccc1NC(=O)c1cccc(C(=N)/C=C\N)n1. The average molecular weight is 878 g/mol. The number of hydrogen-bond acceptors (Lipinski definition) is 12. The molecule has 0 aliphatic carbocycles. The molecule has 16 heteroatoms. The number of benzene rings is 2. The number of nitrogens with two attached hydrogens (primary N) is 1. The molecule has 6 rings (SSSR count). The number of hydrogen-bond donors (Lipinski definition) is 5. The second kappa shape index (κ2) is 20.4. The van der Waals surface area contributed by atoms with Crippen molar-refractivity contribution >= 4 is 52.1 Å². The first-order valence-electron chi connectivity index (χ1n) is 21.3. The molecule has 0 unspecified atom stereocenters. The van der Waals surface area contributed by atoms with Crippen molar-refractivity contribution < 1.29 is 28.7 Å². The van der Waals surface area contributed by atoms with E-state index in [0.29, 0.717) is 55.9 Å². The number of thiazole rings is 1. The summed E-state index contributed by atoms with van der Waals surface area (Å²) < 4.78 is 11.8. The standard InChI is InChI=1S/C47H59N9O6S/c1-28-24-34(20-23-55(28)33-17-18-37(40(25-33)61-7)53-44(58)38-11-8-10-36(52-38)35(49)19-21-48)62-26-41(57)54-43(47(4,5)6)46(60)56-22-9-12-39(56)45(59)51-29(2)31-13-15-32(16-14-31)42-30(3)50-27-63-42/h8,10-11,13-19,21,25,27-29,34,39,43,49H,9,12,20,22-24,26,48H2,1-7H3,(H,51,59)(H,53,58)(H,54,57)/b21-19-,49-35?/t28-,29-,34+,39-,43+/m0/s1. The summed E-state index contributed by atoms with van der Waals surface area (Å²) in [6.45, 7) is 12.6. The zero-order valence-electron chi connectivity index (χ0n) is 37.1. The van der Waals surface area contributed by atoms with Gasteiger partial charge in [0.2, 0.25) is 17.7 Å². The van der Waals surface area contributed by atoms with Gasteiger partial charge in [-0.05, 0) is 99.5 Å². The number of methoxy groups -OCH3 is 1. The Labute approximate surface area is 373 Å². The monoisotopic (exact) mass is 877 g/mol. The van der Waals surface area contributed by atoms with Gasteiger partial charge in [0.1, 0.15) is 30.1 Å². The maximum Gasteiger partial charge on any atom is 0.274 e. The van der Waals surface area contributed by atoms with Crippen LogP contribution in [-0.2, 0) is 19.1 Å². The van der Waals surface area contributed by atoms with Crippen molar-refractivity contribution in [3.8, 4) is 16.2 Å². The van der Waals surface area contributed by atoms with Crippen LogP contribution < -0.4 is 31.3 Å². The van der Waals surface area contributed by atoms with Gasteiger partial charge >= 0.3 is 0 Å². The predicted octanol–water partition coefficient (Wildman–Crippen LogP) is 6.39. The lowest BCUT2D eigenvalue weighted by Gasteiger charge is -2.39. The summed E-state index contributed by atoms with van der Waals surface area (Å²) >= 11 is 1.59. The highest BCUT2D eigenvalue weighted by atomic mass is 32.1. The minimum atomic E-state index is -0.861. The first kappa shape index (κ1) is 46.4. The van der Waals surface area contributed by atoms with E-state index >= 15 is 0 Å². The summed E-state index contributed by atoms with van der Waals surface area (Å²) in [4.78, 5) is 68.0. The molecule has 2 aromatic heterocycles. The van der Waals surface area contributed by atoms with Crippen LogP contribution in [0.5, 0.6) is 5.75 Å². The number of pyridine rings is 1. The van der Waals surface area contributed by atoms with Gasteiger partial charge in [-0.15, -0.1) is 11.3 Å². The Morgan fingerprint density at radius 3 is 2.44 bits per heavy atom. The molecule has 15 nitrogen and oxygen atoms in total. The molecule has 334 valence electrons. The number of likely N-dealkylation sites (tertiary alicyclic amines) is 1. The van der Waals surface area contributed by atoms with Crippen LogP contribution in [0.25, 0.3) is 10.4 Å². The molecule has 0 bridgehead atoms. The van der Waals surface area contributed by atoms with Crippen molar-refractivity contribution in [2.45, 2.75) is 97.5 Å². The molecule has 0 saturated carbocycles. The summed E-state index contributed by atoms with van der Waals surface area (Å²) in [5.41, 5.74) is 11.6. The van der Waals surface area contributed by atoms with Crippen LogP contribution in [0.15, 0.2) is 78.5 Å². The van der Waals surface area contributed by atoms with E-state index in [-0.39, 0.29) is 53.9 Å². The Morgan fingerprint density at radius 1 is 1.03 bits per heavy atom. The van der Waals surface area contributed by atoms with Crippen LogP contribution >= 0.6 is 11.3 Å². The van der Waals surface area contributed by atoms with Crippen LogP contribution in [-0.4, -0.2) is 95.2 Å². The van der Waals surface area contributed by atoms with Gasteiger partial charge in [-0.2, -0.15) is 0 Å². The maximum atomic E-state index is 14.2. The van der Waals surface area contributed by atoms with E-state index in [1.165, 1.54) is 19.4 Å². The van der Waals surface area contributed by atoms with Crippen LogP contribution in [0.2, 0.25) is 0 Å². The third-order valence-corrected chi connectivity index (χ3v) is 12.6. The van der Waals surface area contributed by atoms with Gasteiger partial charge in [-0.25, -0.2) is 9.97 Å². The predicted molar refractivity (Wildman–Crippen MR) is 246 cm³/mol. The number of nitrogens with one attached hydrogen (secondary N) is 4. The van der Waals surface area contributed by atoms with Crippen molar-refractivity contribution in [1.29, 1.82) is 5.41 Å². The van der Waals surface area contributed by atoms with E-state index in [9.17, 15) is 19.2 Å². The summed E-state index contributed by atoms with van der Waals surface area (Å²) in [5.74, 6) is -0.860. The molecule has 2 aliphatic heterocycles. The zero-order chi connectivity index (χ0) is 45.4. The van der Waals surface area contributed by atoms with Crippen molar-refractivity contribution in [2.75, 3.05) is 37.0 Å². The van der Waals surface area contributed by atoms with E-state index in [4.69, 9.17) is 20.6 Å². The quantitative estimate of drug-likeness (QED) is 0.0833. The molecule has 0 spiro atoms. The fraction of sp³-hybridized carbons (Fsp3) is 0.426. The van der Waals surface area contributed by atoms with Crippen molar-refractivity contribution in [2.24, 2.45) is 11.1 Å².